The number of hydrogen-bond donors (Lipinski definition) is 0. The fraction of sp³-hybridized carbons (Fsp3) is 0.353. The lowest BCUT2D eigenvalue weighted by Crippen LogP contribution is -2.27. The number of benzene rings is 1. The lowest BCUT2D eigenvalue weighted by molar-refractivity contribution is 0.0527. The van der Waals surface area contributed by atoms with Gasteiger partial charge in [0.15, 0.2) is 0 Å². The molecule has 0 saturated carbocycles. The van der Waals surface area contributed by atoms with Crippen LogP contribution in [0.15, 0.2) is 45.9 Å². The van der Waals surface area contributed by atoms with E-state index in [2.05, 4.69) is 15.9 Å². The zero-order chi connectivity index (χ0) is 18.8. The molecule has 0 aliphatic rings. The maximum atomic E-state index is 12.3. The number of aromatic nitrogens is 1. The molecule has 2 aromatic rings. The summed E-state index contributed by atoms with van der Waals surface area (Å²) in [6.45, 7) is 6.83. The summed E-state index contributed by atoms with van der Waals surface area (Å²) in [5.41, 5.74) is 0.637. The Morgan fingerprint density at radius 3 is 2.36 bits per heavy atom. The highest BCUT2D eigenvalue weighted by atomic mass is 79.9. The average Bonchev–Trinajstić information content (AvgIpc) is 2.85. The third kappa shape index (κ3) is 5.42. The number of halogens is 1. The van der Waals surface area contributed by atoms with E-state index in [1.165, 1.54) is 22.9 Å². The summed E-state index contributed by atoms with van der Waals surface area (Å²) in [4.78, 5) is 12.3. The first-order chi connectivity index (χ1) is 11.5. The van der Waals surface area contributed by atoms with Crippen LogP contribution in [0.3, 0.4) is 0 Å². The van der Waals surface area contributed by atoms with Gasteiger partial charge in [0.25, 0.3) is 10.1 Å². The van der Waals surface area contributed by atoms with Crippen molar-refractivity contribution in [1.82, 2.24) is 4.57 Å². The molecule has 25 heavy (non-hydrogen) atoms. The first-order valence-corrected chi connectivity index (χ1v) is 9.74. The van der Waals surface area contributed by atoms with Gasteiger partial charge in [-0.15, -0.1) is 0 Å². The van der Waals surface area contributed by atoms with Gasteiger partial charge in [-0.1, -0.05) is 17.7 Å². The van der Waals surface area contributed by atoms with E-state index in [1.54, 1.807) is 39.0 Å². The van der Waals surface area contributed by atoms with Crippen LogP contribution in [-0.4, -0.2) is 24.7 Å². The standard InChI is InChI=1S/C17H20BrNO5S/c1-12-5-7-15(8-6-12)25(21,22)23-11-14-9-13(18)10-19(14)16(20)24-17(2,3)4/h5-10H,11H2,1-4H3. The van der Waals surface area contributed by atoms with Gasteiger partial charge in [0.05, 0.1) is 10.6 Å². The van der Waals surface area contributed by atoms with Crippen molar-refractivity contribution in [2.75, 3.05) is 0 Å². The summed E-state index contributed by atoms with van der Waals surface area (Å²) in [6, 6.07) is 7.95. The van der Waals surface area contributed by atoms with Crippen LogP contribution in [-0.2, 0) is 25.6 Å². The predicted octanol–water partition coefficient (Wildman–Crippen LogP) is 4.25. The maximum Gasteiger partial charge on any atom is 0.418 e. The van der Waals surface area contributed by atoms with Crippen molar-refractivity contribution in [2.45, 2.75) is 44.8 Å². The van der Waals surface area contributed by atoms with Gasteiger partial charge in [-0.2, -0.15) is 8.42 Å². The van der Waals surface area contributed by atoms with Crippen LogP contribution in [0.5, 0.6) is 0 Å². The van der Waals surface area contributed by atoms with Crippen molar-refractivity contribution in [2.24, 2.45) is 0 Å². The normalized spacial score (nSPS) is 12.2. The molecule has 8 heteroatoms. The quantitative estimate of drug-likeness (QED) is 0.679. The number of nitrogens with zero attached hydrogens (tertiary/aromatic N) is 1. The molecule has 0 unspecified atom stereocenters. The Labute approximate surface area is 156 Å². The van der Waals surface area contributed by atoms with Crippen molar-refractivity contribution in [3.05, 3.63) is 52.3 Å². The van der Waals surface area contributed by atoms with Crippen LogP contribution in [0.2, 0.25) is 0 Å². The molecule has 0 atom stereocenters. The summed E-state index contributed by atoms with van der Waals surface area (Å²) < 4.78 is 36.8. The summed E-state index contributed by atoms with van der Waals surface area (Å²) in [7, 11) is -3.92. The van der Waals surface area contributed by atoms with Gasteiger partial charge in [-0.25, -0.2) is 4.79 Å². The van der Waals surface area contributed by atoms with Crippen LogP contribution in [0.25, 0.3) is 0 Å². The molecular weight excluding hydrogens is 410 g/mol. The Hall–Kier alpha value is -1.64. The van der Waals surface area contributed by atoms with E-state index < -0.39 is 21.8 Å². The summed E-state index contributed by atoms with van der Waals surface area (Å²) in [5.74, 6) is 0. The predicted molar refractivity (Wildman–Crippen MR) is 96.9 cm³/mol. The van der Waals surface area contributed by atoms with Crippen molar-refractivity contribution in [3.8, 4) is 0 Å². The van der Waals surface area contributed by atoms with Crippen molar-refractivity contribution in [3.63, 3.8) is 0 Å². The number of carbonyl (C=O) groups excluding carboxylic acids is 1. The van der Waals surface area contributed by atoms with Crippen LogP contribution in [0.1, 0.15) is 32.0 Å². The fourth-order valence-corrected chi connectivity index (χ4v) is 3.33. The highest BCUT2D eigenvalue weighted by Gasteiger charge is 2.22. The van der Waals surface area contributed by atoms with Crippen LogP contribution in [0, 0.1) is 6.92 Å². The van der Waals surface area contributed by atoms with E-state index in [9.17, 15) is 13.2 Å². The smallest absolute Gasteiger partial charge is 0.418 e. The molecular formula is C17H20BrNO5S. The summed E-state index contributed by atoms with van der Waals surface area (Å²) in [6.07, 6.45) is 0.898. The summed E-state index contributed by atoms with van der Waals surface area (Å²) >= 11 is 3.27. The molecule has 0 fully saturated rings. The molecule has 2 rings (SSSR count). The third-order valence-corrected chi connectivity index (χ3v) is 4.84. The van der Waals surface area contributed by atoms with Gasteiger partial charge in [0.1, 0.15) is 12.2 Å². The Morgan fingerprint density at radius 2 is 1.80 bits per heavy atom. The minimum Gasteiger partial charge on any atom is -0.443 e. The van der Waals surface area contributed by atoms with E-state index in [-0.39, 0.29) is 11.5 Å². The van der Waals surface area contributed by atoms with E-state index in [0.29, 0.717) is 10.2 Å². The van der Waals surface area contributed by atoms with Crippen molar-refractivity contribution in [1.29, 1.82) is 0 Å². The molecule has 1 aromatic heterocycles. The van der Waals surface area contributed by atoms with Crippen LogP contribution < -0.4 is 0 Å². The lowest BCUT2D eigenvalue weighted by atomic mass is 10.2. The van der Waals surface area contributed by atoms with Crippen molar-refractivity contribution >= 4 is 32.1 Å². The van der Waals surface area contributed by atoms with Gasteiger partial charge in [-0.05, 0) is 61.8 Å². The summed E-state index contributed by atoms with van der Waals surface area (Å²) in [5, 5.41) is 0. The molecule has 1 aromatic carbocycles. The molecule has 6 nitrogen and oxygen atoms in total. The zero-order valence-corrected chi connectivity index (χ0v) is 16.8. The van der Waals surface area contributed by atoms with Crippen molar-refractivity contribution < 1.29 is 22.1 Å². The average molecular weight is 430 g/mol. The lowest BCUT2D eigenvalue weighted by Gasteiger charge is -2.20. The number of rotatable bonds is 4. The second-order valence-electron chi connectivity index (χ2n) is 6.53. The molecule has 0 aliphatic heterocycles. The molecule has 136 valence electrons. The van der Waals surface area contributed by atoms with E-state index in [1.807, 2.05) is 6.92 Å². The molecule has 0 bridgehead atoms. The number of ether oxygens (including phenoxy) is 1. The van der Waals surface area contributed by atoms with Crippen LogP contribution >= 0.6 is 15.9 Å². The van der Waals surface area contributed by atoms with Gasteiger partial charge < -0.3 is 4.74 Å². The largest absolute Gasteiger partial charge is 0.443 e. The molecule has 0 saturated heterocycles. The second kappa shape index (κ2) is 7.31. The third-order valence-electron chi connectivity index (χ3n) is 3.13. The maximum absolute atomic E-state index is 12.3. The Morgan fingerprint density at radius 1 is 1.20 bits per heavy atom. The molecule has 0 amide bonds. The zero-order valence-electron chi connectivity index (χ0n) is 14.4. The molecule has 0 aliphatic carbocycles. The number of carbonyl (C=O) groups is 1. The van der Waals surface area contributed by atoms with E-state index in [4.69, 9.17) is 8.92 Å². The van der Waals surface area contributed by atoms with Gasteiger partial charge in [0, 0.05) is 10.7 Å². The Kier molecular flexibility index (Phi) is 5.75. The second-order valence-corrected chi connectivity index (χ2v) is 9.06. The SMILES string of the molecule is Cc1ccc(S(=O)(=O)OCc2cc(Br)cn2C(=O)OC(C)(C)C)cc1. The number of aryl methyl sites for hydroxylation is 1. The highest BCUT2D eigenvalue weighted by Crippen LogP contribution is 2.21. The van der Waals surface area contributed by atoms with Gasteiger partial charge in [-0.3, -0.25) is 8.75 Å². The fourth-order valence-electron chi connectivity index (χ4n) is 1.98. The van der Waals surface area contributed by atoms with Crippen LogP contribution in [0.4, 0.5) is 4.79 Å². The van der Waals surface area contributed by atoms with Gasteiger partial charge >= 0.3 is 6.09 Å². The molecule has 0 spiro atoms. The van der Waals surface area contributed by atoms with Gasteiger partial charge in [0.2, 0.25) is 0 Å². The minimum absolute atomic E-state index is 0.0625. The molecule has 0 radical (unpaired) electrons. The topological polar surface area (TPSA) is 74.6 Å². The highest BCUT2D eigenvalue weighted by molar-refractivity contribution is 9.10. The Bertz CT molecular complexity index is 863. The molecule has 0 N–H and O–H groups in total. The van der Waals surface area contributed by atoms with E-state index in [0.717, 1.165) is 5.56 Å². The van der Waals surface area contributed by atoms with E-state index >= 15 is 0 Å². The first-order valence-electron chi connectivity index (χ1n) is 7.54. The molecule has 1 heterocycles. The monoisotopic (exact) mass is 429 g/mol. The Balaban J connectivity index is 2.18. The minimum atomic E-state index is -3.92. The number of hydrogen-bond acceptors (Lipinski definition) is 5. The first kappa shape index (κ1) is 19.7.